The number of fused-ring (bicyclic) bond motifs is 1. The smallest absolute Gasteiger partial charge is 0.333 e. The Morgan fingerprint density at radius 2 is 2.22 bits per heavy atom. The minimum atomic E-state index is -0.299. The van der Waals surface area contributed by atoms with Gasteiger partial charge >= 0.3 is 5.97 Å². The van der Waals surface area contributed by atoms with Crippen LogP contribution in [0.3, 0.4) is 0 Å². The Hall–Kier alpha value is -1.42. The van der Waals surface area contributed by atoms with Crippen molar-refractivity contribution in [2.75, 3.05) is 18.6 Å². The highest BCUT2D eigenvalue weighted by molar-refractivity contribution is 8.03. The van der Waals surface area contributed by atoms with E-state index in [0.29, 0.717) is 0 Å². The minimum Gasteiger partial charge on any atom is -0.466 e. The fourth-order valence-corrected chi connectivity index (χ4v) is 2.98. The molecule has 4 heteroatoms. The van der Waals surface area contributed by atoms with Gasteiger partial charge in [0, 0.05) is 11.4 Å². The van der Waals surface area contributed by atoms with Gasteiger partial charge in [0.15, 0.2) is 0 Å². The third kappa shape index (κ3) is 2.70. The minimum absolute atomic E-state index is 0.299. The van der Waals surface area contributed by atoms with Crippen LogP contribution in [-0.4, -0.2) is 19.6 Å². The van der Waals surface area contributed by atoms with E-state index in [4.69, 9.17) is 4.74 Å². The highest BCUT2D eigenvalue weighted by Crippen LogP contribution is 2.45. The molecule has 0 spiro atoms. The number of rotatable bonds is 4. The number of esters is 1. The summed E-state index contributed by atoms with van der Waals surface area (Å²) in [5.41, 5.74) is 1.19. The van der Waals surface area contributed by atoms with Crippen molar-refractivity contribution in [1.82, 2.24) is 0 Å². The SMILES string of the molecule is CCCCN1/C(=C\C(=O)OC)Sc2ccccc21. The molecule has 0 saturated carbocycles. The van der Waals surface area contributed by atoms with E-state index in [9.17, 15) is 4.79 Å². The van der Waals surface area contributed by atoms with Crippen LogP contribution < -0.4 is 4.90 Å². The van der Waals surface area contributed by atoms with E-state index in [1.807, 2.05) is 12.1 Å². The molecule has 1 aromatic rings. The molecule has 3 nitrogen and oxygen atoms in total. The maximum absolute atomic E-state index is 11.4. The molecule has 96 valence electrons. The lowest BCUT2D eigenvalue weighted by molar-refractivity contribution is -0.134. The maximum Gasteiger partial charge on any atom is 0.333 e. The molecule has 0 bridgehead atoms. The summed E-state index contributed by atoms with van der Waals surface area (Å²) < 4.78 is 4.71. The van der Waals surface area contributed by atoms with Gasteiger partial charge in [-0.1, -0.05) is 37.2 Å². The predicted octanol–water partition coefficient (Wildman–Crippen LogP) is 3.41. The van der Waals surface area contributed by atoms with Crippen LogP contribution in [0.15, 0.2) is 40.3 Å². The Kier molecular flexibility index (Phi) is 4.31. The molecule has 0 N–H and O–H groups in total. The summed E-state index contributed by atoms with van der Waals surface area (Å²) in [6, 6.07) is 8.22. The first-order valence-corrected chi connectivity index (χ1v) is 6.92. The van der Waals surface area contributed by atoms with E-state index in [0.717, 1.165) is 24.4 Å². The monoisotopic (exact) mass is 263 g/mol. The zero-order valence-electron chi connectivity index (χ0n) is 10.7. The second-order valence-corrected chi connectivity index (χ2v) is 5.14. The lowest BCUT2D eigenvalue weighted by Gasteiger charge is -2.19. The molecule has 1 aliphatic heterocycles. The fourth-order valence-electron chi connectivity index (χ4n) is 1.87. The molecule has 2 rings (SSSR count). The van der Waals surface area contributed by atoms with E-state index in [-0.39, 0.29) is 5.97 Å². The number of anilines is 1. The van der Waals surface area contributed by atoms with Gasteiger partial charge in [0.2, 0.25) is 0 Å². The summed E-state index contributed by atoms with van der Waals surface area (Å²) in [6.45, 7) is 3.10. The maximum atomic E-state index is 11.4. The van der Waals surface area contributed by atoms with Gasteiger partial charge in [-0.3, -0.25) is 0 Å². The first-order valence-electron chi connectivity index (χ1n) is 6.10. The molecule has 1 aliphatic rings. The van der Waals surface area contributed by atoms with Gasteiger partial charge in [0.05, 0.1) is 23.9 Å². The number of hydrogen-bond donors (Lipinski definition) is 0. The van der Waals surface area contributed by atoms with Crippen LogP contribution in [0.5, 0.6) is 0 Å². The molecule has 0 atom stereocenters. The number of carbonyl (C=O) groups excluding carboxylic acids is 1. The van der Waals surface area contributed by atoms with Crippen molar-refractivity contribution in [2.24, 2.45) is 0 Å². The van der Waals surface area contributed by atoms with Crippen LogP contribution in [-0.2, 0) is 9.53 Å². The first-order chi connectivity index (χ1) is 8.76. The summed E-state index contributed by atoms with van der Waals surface area (Å²) >= 11 is 1.62. The Morgan fingerprint density at radius 1 is 1.44 bits per heavy atom. The van der Waals surface area contributed by atoms with Crippen LogP contribution in [0.25, 0.3) is 0 Å². The topological polar surface area (TPSA) is 29.5 Å². The second-order valence-electron chi connectivity index (χ2n) is 4.08. The highest BCUT2D eigenvalue weighted by Gasteiger charge is 2.24. The molecule has 0 radical (unpaired) electrons. The fraction of sp³-hybridized carbons (Fsp3) is 0.357. The molecule has 0 unspecified atom stereocenters. The van der Waals surface area contributed by atoms with Crippen molar-refractivity contribution in [3.63, 3.8) is 0 Å². The number of hydrogen-bond acceptors (Lipinski definition) is 4. The Morgan fingerprint density at radius 3 is 2.94 bits per heavy atom. The molecular weight excluding hydrogens is 246 g/mol. The molecule has 0 amide bonds. The molecule has 0 fully saturated rings. The molecular formula is C14H17NO2S. The van der Waals surface area contributed by atoms with Crippen molar-refractivity contribution < 1.29 is 9.53 Å². The van der Waals surface area contributed by atoms with Crippen molar-refractivity contribution in [3.8, 4) is 0 Å². The van der Waals surface area contributed by atoms with E-state index < -0.39 is 0 Å². The normalized spacial score (nSPS) is 15.9. The average Bonchev–Trinajstić information content (AvgIpc) is 2.73. The first kappa shape index (κ1) is 13.0. The molecule has 0 aliphatic carbocycles. The third-order valence-corrected chi connectivity index (χ3v) is 3.93. The molecule has 0 saturated heterocycles. The van der Waals surface area contributed by atoms with E-state index >= 15 is 0 Å². The number of nitrogens with zero attached hydrogens (tertiary/aromatic N) is 1. The molecule has 0 aromatic heterocycles. The van der Waals surface area contributed by atoms with Crippen LogP contribution in [0.1, 0.15) is 19.8 Å². The van der Waals surface area contributed by atoms with E-state index in [2.05, 4.69) is 24.0 Å². The summed E-state index contributed by atoms with van der Waals surface area (Å²) in [7, 11) is 1.41. The van der Waals surface area contributed by atoms with Crippen molar-refractivity contribution >= 4 is 23.4 Å². The van der Waals surface area contributed by atoms with Crippen molar-refractivity contribution in [1.29, 1.82) is 0 Å². The van der Waals surface area contributed by atoms with Gasteiger partial charge in [0.25, 0.3) is 0 Å². The Labute approximate surface area is 112 Å². The molecule has 1 heterocycles. The Balaban J connectivity index is 2.27. The van der Waals surface area contributed by atoms with Gasteiger partial charge < -0.3 is 9.64 Å². The standard InChI is InChI=1S/C14H17NO2S/c1-3-4-9-15-11-7-5-6-8-12(11)18-13(15)10-14(16)17-2/h5-8,10H,3-4,9H2,1-2H3/b13-10+. The third-order valence-electron chi connectivity index (χ3n) is 2.81. The summed E-state index contributed by atoms with van der Waals surface area (Å²) in [4.78, 5) is 14.8. The molecule has 1 aromatic carbocycles. The second kappa shape index (κ2) is 5.96. The lowest BCUT2D eigenvalue weighted by Crippen LogP contribution is -2.19. The average molecular weight is 263 g/mol. The predicted molar refractivity (Wildman–Crippen MR) is 74.7 cm³/mol. The van der Waals surface area contributed by atoms with Gasteiger partial charge in [-0.05, 0) is 18.6 Å². The molecule has 18 heavy (non-hydrogen) atoms. The van der Waals surface area contributed by atoms with Crippen LogP contribution in [0, 0.1) is 0 Å². The van der Waals surface area contributed by atoms with Crippen molar-refractivity contribution in [3.05, 3.63) is 35.4 Å². The van der Waals surface area contributed by atoms with Crippen LogP contribution >= 0.6 is 11.8 Å². The zero-order valence-corrected chi connectivity index (χ0v) is 11.5. The lowest BCUT2D eigenvalue weighted by atomic mass is 10.2. The van der Waals surface area contributed by atoms with Crippen LogP contribution in [0.4, 0.5) is 5.69 Å². The largest absolute Gasteiger partial charge is 0.466 e. The zero-order chi connectivity index (χ0) is 13.0. The summed E-state index contributed by atoms with van der Waals surface area (Å²) in [5.74, 6) is -0.299. The number of carbonyl (C=O) groups is 1. The van der Waals surface area contributed by atoms with Gasteiger partial charge in [-0.2, -0.15) is 0 Å². The number of ether oxygens (including phenoxy) is 1. The van der Waals surface area contributed by atoms with Gasteiger partial charge in [-0.15, -0.1) is 0 Å². The quantitative estimate of drug-likeness (QED) is 0.615. The summed E-state index contributed by atoms with van der Waals surface area (Å²) in [5, 5.41) is 0.955. The number of para-hydroxylation sites is 1. The summed E-state index contributed by atoms with van der Waals surface area (Å²) in [6.07, 6.45) is 3.81. The number of methoxy groups -OCH3 is 1. The Bertz CT molecular complexity index is 471. The van der Waals surface area contributed by atoms with Crippen molar-refractivity contribution in [2.45, 2.75) is 24.7 Å². The van der Waals surface area contributed by atoms with E-state index in [1.54, 1.807) is 17.8 Å². The van der Waals surface area contributed by atoms with E-state index in [1.165, 1.54) is 17.7 Å². The number of thioether (sulfide) groups is 1. The number of benzene rings is 1. The van der Waals surface area contributed by atoms with Gasteiger partial charge in [0.1, 0.15) is 0 Å². The highest BCUT2D eigenvalue weighted by atomic mass is 32.2. The van der Waals surface area contributed by atoms with Gasteiger partial charge in [-0.25, -0.2) is 4.79 Å². The van der Waals surface area contributed by atoms with Crippen LogP contribution in [0.2, 0.25) is 0 Å². The number of unbranched alkanes of at least 4 members (excludes halogenated alkanes) is 1.